The van der Waals surface area contributed by atoms with Crippen LogP contribution >= 0.6 is 0 Å². The van der Waals surface area contributed by atoms with Crippen LogP contribution in [0.2, 0.25) is 0 Å². The number of aliphatic hydroxyl groups excluding tert-OH is 1. The van der Waals surface area contributed by atoms with E-state index in [1.54, 1.807) is 16.7 Å². The van der Waals surface area contributed by atoms with Crippen molar-refractivity contribution in [1.82, 2.24) is 14.7 Å². The van der Waals surface area contributed by atoms with E-state index in [1.165, 1.54) is 32.1 Å². The quantitative estimate of drug-likeness (QED) is 0.700. The van der Waals surface area contributed by atoms with Crippen molar-refractivity contribution in [1.29, 1.82) is 0 Å². The molecule has 0 radical (unpaired) electrons. The number of carbonyl (C=O) groups excluding carboxylic acids is 2. The number of anilines is 1. The van der Waals surface area contributed by atoms with Gasteiger partial charge in [0.25, 0.3) is 5.91 Å². The van der Waals surface area contributed by atoms with E-state index in [9.17, 15) is 9.59 Å². The molecule has 4 unspecified atom stereocenters. The third-order valence-electron chi connectivity index (χ3n) is 7.94. The number of aliphatic hydroxyl groups is 1. The number of carbonyl (C=O) groups is 2. The summed E-state index contributed by atoms with van der Waals surface area (Å²) in [5, 5.41) is 14.6. The van der Waals surface area contributed by atoms with E-state index < -0.39 is 0 Å². The Morgan fingerprint density at radius 3 is 3.03 bits per heavy atom. The van der Waals surface area contributed by atoms with E-state index in [2.05, 4.69) is 15.6 Å². The zero-order valence-electron chi connectivity index (χ0n) is 16.4. The lowest BCUT2D eigenvalue weighted by molar-refractivity contribution is -0.119. The molecule has 7 nitrogen and oxygen atoms in total. The zero-order chi connectivity index (χ0) is 19.8. The van der Waals surface area contributed by atoms with Gasteiger partial charge in [-0.2, -0.15) is 0 Å². The molecule has 5 atom stereocenters. The van der Waals surface area contributed by atoms with Gasteiger partial charge < -0.3 is 15.7 Å². The summed E-state index contributed by atoms with van der Waals surface area (Å²) in [4.78, 5) is 29.4. The Labute approximate surface area is 168 Å². The first kappa shape index (κ1) is 17.4. The van der Waals surface area contributed by atoms with Gasteiger partial charge in [-0.15, -0.1) is 0 Å². The molecular weight excluding hydrogens is 368 g/mol. The third-order valence-corrected chi connectivity index (χ3v) is 7.94. The van der Waals surface area contributed by atoms with Crippen molar-refractivity contribution >= 4 is 23.3 Å². The summed E-state index contributed by atoms with van der Waals surface area (Å²) in [6.45, 7) is 0.0641. The summed E-state index contributed by atoms with van der Waals surface area (Å²) in [7, 11) is 0. The van der Waals surface area contributed by atoms with Gasteiger partial charge in [0.2, 0.25) is 5.91 Å². The van der Waals surface area contributed by atoms with E-state index in [1.807, 2.05) is 12.1 Å². The lowest BCUT2D eigenvalue weighted by Gasteiger charge is -2.35. The highest BCUT2D eigenvalue weighted by Gasteiger charge is 2.76. The van der Waals surface area contributed by atoms with Crippen molar-refractivity contribution in [2.24, 2.45) is 28.6 Å². The fourth-order valence-electron chi connectivity index (χ4n) is 6.88. The fourth-order valence-corrected chi connectivity index (χ4v) is 6.88. The van der Waals surface area contributed by atoms with Crippen LogP contribution in [0.3, 0.4) is 0 Å². The second-order valence-electron chi connectivity index (χ2n) is 9.79. The minimum atomic E-state index is -0.337. The number of hydrogen-bond donors (Lipinski definition) is 3. The average molecular weight is 394 g/mol. The van der Waals surface area contributed by atoms with Crippen molar-refractivity contribution in [2.75, 3.05) is 18.5 Å². The Hall–Kier alpha value is -2.41. The maximum absolute atomic E-state index is 13.0. The Kier molecular flexibility index (Phi) is 3.50. The van der Waals surface area contributed by atoms with Gasteiger partial charge in [-0.05, 0) is 72.8 Å². The average Bonchev–Trinajstić information content (AvgIpc) is 3.51. The number of pyridine rings is 1. The zero-order valence-corrected chi connectivity index (χ0v) is 16.4. The predicted molar refractivity (Wildman–Crippen MR) is 106 cm³/mol. The van der Waals surface area contributed by atoms with Gasteiger partial charge >= 0.3 is 0 Å². The highest BCUT2D eigenvalue weighted by Crippen LogP contribution is 2.84. The Morgan fingerprint density at radius 2 is 2.17 bits per heavy atom. The maximum Gasteiger partial charge on any atom is 0.271 e. The topological polar surface area (TPSA) is 95.7 Å². The first-order valence-electron chi connectivity index (χ1n) is 10.7. The molecule has 3 N–H and O–H groups in total. The smallest absolute Gasteiger partial charge is 0.271 e. The van der Waals surface area contributed by atoms with E-state index in [0.29, 0.717) is 23.3 Å². The SMILES string of the molecule is O=C(CC12CC3C[C@@H]3C3(CC3C1)C2)Nc1cccc2nc(C(=O)NCCO)cn12. The molecule has 4 saturated carbocycles. The van der Waals surface area contributed by atoms with Gasteiger partial charge in [-0.25, -0.2) is 4.98 Å². The Balaban J connectivity index is 1.19. The summed E-state index contributed by atoms with van der Waals surface area (Å²) >= 11 is 0. The second kappa shape index (κ2) is 5.81. The lowest BCUT2D eigenvalue weighted by Crippen LogP contribution is -2.31. The summed E-state index contributed by atoms with van der Waals surface area (Å²) in [5.41, 5.74) is 1.70. The van der Waals surface area contributed by atoms with Crippen LogP contribution in [0.5, 0.6) is 0 Å². The molecule has 2 amide bonds. The van der Waals surface area contributed by atoms with E-state index in [-0.39, 0.29) is 36.1 Å². The highest BCUT2D eigenvalue weighted by molar-refractivity contribution is 5.94. The molecule has 2 heterocycles. The maximum atomic E-state index is 13.0. The molecule has 2 aromatic heterocycles. The molecule has 4 aliphatic carbocycles. The fraction of sp³-hybridized carbons (Fsp3) is 0.591. The molecule has 29 heavy (non-hydrogen) atoms. The number of amides is 2. The number of rotatable bonds is 6. The summed E-state index contributed by atoms with van der Waals surface area (Å²) in [6.07, 6.45) is 8.76. The number of nitrogens with zero attached hydrogens (tertiary/aromatic N) is 2. The van der Waals surface area contributed by atoms with Gasteiger partial charge in [-0.3, -0.25) is 14.0 Å². The van der Waals surface area contributed by atoms with Crippen molar-refractivity contribution in [3.63, 3.8) is 0 Å². The molecule has 2 bridgehead atoms. The molecule has 4 fully saturated rings. The van der Waals surface area contributed by atoms with Crippen LogP contribution in [0.1, 0.15) is 49.0 Å². The molecule has 152 valence electrons. The second-order valence-corrected chi connectivity index (χ2v) is 9.79. The lowest BCUT2D eigenvalue weighted by atomic mass is 9.69. The summed E-state index contributed by atoms with van der Waals surface area (Å²) in [6, 6.07) is 5.48. The van der Waals surface area contributed by atoms with Crippen LogP contribution in [0.15, 0.2) is 24.4 Å². The van der Waals surface area contributed by atoms with Crippen LogP contribution < -0.4 is 10.6 Å². The summed E-state index contributed by atoms with van der Waals surface area (Å²) in [5.74, 6) is 3.09. The van der Waals surface area contributed by atoms with E-state index >= 15 is 0 Å². The Bertz CT molecular complexity index is 1030. The highest BCUT2D eigenvalue weighted by atomic mass is 16.3. The summed E-state index contributed by atoms with van der Waals surface area (Å²) < 4.78 is 1.74. The third kappa shape index (κ3) is 2.63. The normalized spacial score (nSPS) is 35.7. The van der Waals surface area contributed by atoms with Gasteiger partial charge in [0.05, 0.1) is 6.61 Å². The minimum absolute atomic E-state index is 0.0630. The van der Waals surface area contributed by atoms with Crippen molar-refractivity contribution < 1.29 is 14.7 Å². The number of imidazole rings is 1. The van der Waals surface area contributed by atoms with Crippen LogP contribution in [-0.2, 0) is 4.79 Å². The Morgan fingerprint density at radius 1 is 1.28 bits per heavy atom. The molecule has 0 aliphatic heterocycles. The first-order chi connectivity index (χ1) is 14.0. The monoisotopic (exact) mass is 394 g/mol. The van der Waals surface area contributed by atoms with E-state index in [0.717, 1.165) is 17.8 Å². The van der Waals surface area contributed by atoms with Crippen molar-refractivity contribution in [3.05, 3.63) is 30.1 Å². The van der Waals surface area contributed by atoms with Crippen molar-refractivity contribution in [2.45, 2.75) is 38.5 Å². The number of hydrogen-bond acceptors (Lipinski definition) is 4. The first-order valence-corrected chi connectivity index (χ1v) is 10.7. The molecule has 1 spiro atoms. The van der Waals surface area contributed by atoms with Gasteiger partial charge in [0.15, 0.2) is 0 Å². The van der Waals surface area contributed by atoms with Crippen molar-refractivity contribution in [3.8, 4) is 0 Å². The van der Waals surface area contributed by atoms with Crippen LogP contribution in [-0.4, -0.2) is 39.5 Å². The number of fused-ring (bicyclic) bond motifs is 3. The molecule has 7 heteroatoms. The molecular formula is C22H26N4O3. The largest absolute Gasteiger partial charge is 0.395 e. The standard InChI is InChI=1S/C22H26N4O3/c27-5-4-23-20(29)16-11-26-17(24-16)2-1-3-18(26)25-19(28)10-21-7-13-6-15(13)22(12-21)9-14(22)8-21/h1-3,11,13-15,27H,4-10,12H2,(H,23,29)(H,25,28)/t13?,14?,15-,21?,22?/m0/s1. The van der Waals surface area contributed by atoms with Gasteiger partial charge in [0.1, 0.15) is 17.2 Å². The molecule has 0 saturated heterocycles. The van der Waals surface area contributed by atoms with Gasteiger partial charge in [0, 0.05) is 19.2 Å². The predicted octanol–water partition coefficient (Wildman–Crippen LogP) is 2.21. The van der Waals surface area contributed by atoms with E-state index in [4.69, 9.17) is 5.11 Å². The molecule has 0 aromatic carbocycles. The van der Waals surface area contributed by atoms with Crippen LogP contribution in [0.4, 0.5) is 5.82 Å². The molecule has 4 aliphatic rings. The minimum Gasteiger partial charge on any atom is -0.395 e. The molecule has 6 rings (SSSR count). The van der Waals surface area contributed by atoms with Gasteiger partial charge in [-0.1, -0.05) is 6.07 Å². The van der Waals surface area contributed by atoms with Crippen LogP contribution in [0.25, 0.3) is 5.65 Å². The molecule has 2 aromatic rings. The number of aromatic nitrogens is 2. The van der Waals surface area contributed by atoms with Crippen LogP contribution in [0, 0.1) is 28.6 Å². The number of nitrogens with one attached hydrogen (secondary N) is 2.